The molecule has 1 aromatic heterocycles. The maximum Gasteiger partial charge on any atom is 0.119 e. The van der Waals surface area contributed by atoms with Gasteiger partial charge in [0, 0.05) is 18.3 Å². The minimum absolute atomic E-state index is 0.327. The Kier molecular flexibility index (Phi) is 5.53. The summed E-state index contributed by atoms with van der Waals surface area (Å²) in [4.78, 5) is 2.37. The number of likely N-dealkylation sites (tertiary alicyclic amines) is 1. The number of aromatic nitrogens is 2. The van der Waals surface area contributed by atoms with Crippen LogP contribution in [0, 0.1) is 13.8 Å². The summed E-state index contributed by atoms with van der Waals surface area (Å²) in [6.07, 6.45) is 1.85. The molecule has 0 unspecified atom stereocenters. The molecule has 3 rings (SSSR count). The monoisotopic (exact) mass is 329 g/mol. The second-order valence-electron chi connectivity index (χ2n) is 6.68. The van der Waals surface area contributed by atoms with Gasteiger partial charge in [-0.3, -0.25) is 9.58 Å². The van der Waals surface area contributed by atoms with E-state index in [1.54, 1.807) is 0 Å². The van der Waals surface area contributed by atoms with Crippen LogP contribution in [0.25, 0.3) is 0 Å². The molecule has 2 heterocycles. The number of para-hydroxylation sites is 1. The minimum Gasteiger partial charge on any atom is -0.491 e. The Morgan fingerprint density at radius 2 is 2.08 bits per heavy atom. The molecule has 24 heavy (non-hydrogen) atoms. The fourth-order valence-corrected chi connectivity index (χ4v) is 3.43. The second-order valence-corrected chi connectivity index (χ2v) is 6.68. The molecule has 0 saturated carbocycles. The van der Waals surface area contributed by atoms with Gasteiger partial charge in [-0.05, 0) is 51.4 Å². The summed E-state index contributed by atoms with van der Waals surface area (Å²) < 4.78 is 7.75. The first kappa shape index (κ1) is 17.0. The van der Waals surface area contributed by atoms with Crippen molar-refractivity contribution in [2.75, 3.05) is 19.7 Å². The first-order chi connectivity index (χ1) is 11.6. The van der Waals surface area contributed by atoms with Crippen LogP contribution in [0.3, 0.4) is 0 Å². The first-order valence-electron chi connectivity index (χ1n) is 8.73. The number of aryl methyl sites for hydroxylation is 2. The SMILES string of the molecule is Cc1cc(C)n(C[C@H]2CCCN2C[C@@H](O)COc2ccccc2)n1. The maximum atomic E-state index is 10.3. The van der Waals surface area contributed by atoms with Gasteiger partial charge in [-0.25, -0.2) is 0 Å². The van der Waals surface area contributed by atoms with Crippen LogP contribution in [-0.4, -0.2) is 51.6 Å². The Bertz CT molecular complexity index is 641. The number of benzene rings is 1. The van der Waals surface area contributed by atoms with Gasteiger partial charge < -0.3 is 9.84 Å². The molecule has 5 heteroatoms. The van der Waals surface area contributed by atoms with Gasteiger partial charge in [0.1, 0.15) is 18.5 Å². The van der Waals surface area contributed by atoms with Crippen molar-refractivity contribution in [3.05, 3.63) is 47.8 Å². The van der Waals surface area contributed by atoms with E-state index in [0.717, 1.165) is 31.0 Å². The number of ether oxygens (including phenoxy) is 1. The fraction of sp³-hybridized carbons (Fsp3) is 0.526. The number of nitrogens with zero attached hydrogens (tertiary/aromatic N) is 3. The molecule has 130 valence electrons. The molecule has 1 aromatic carbocycles. The van der Waals surface area contributed by atoms with Crippen LogP contribution >= 0.6 is 0 Å². The molecule has 0 spiro atoms. The van der Waals surface area contributed by atoms with Gasteiger partial charge >= 0.3 is 0 Å². The summed E-state index contributed by atoms with van der Waals surface area (Å²) in [7, 11) is 0. The lowest BCUT2D eigenvalue weighted by atomic mass is 10.2. The number of aliphatic hydroxyl groups excluding tert-OH is 1. The normalized spacial score (nSPS) is 19.5. The van der Waals surface area contributed by atoms with Crippen LogP contribution in [0.5, 0.6) is 5.75 Å². The molecule has 2 aromatic rings. The third-order valence-electron chi connectivity index (χ3n) is 4.62. The predicted octanol–water partition coefficient (Wildman–Crippen LogP) is 2.40. The van der Waals surface area contributed by atoms with Crippen molar-refractivity contribution in [3.8, 4) is 5.75 Å². The molecule has 2 atom stereocenters. The van der Waals surface area contributed by atoms with Gasteiger partial charge in [0.2, 0.25) is 0 Å². The van der Waals surface area contributed by atoms with E-state index in [2.05, 4.69) is 27.7 Å². The van der Waals surface area contributed by atoms with E-state index in [1.165, 1.54) is 12.1 Å². The van der Waals surface area contributed by atoms with Gasteiger partial charge in [-0.2, -0.15) is 5.10 Å². The highest BCUT2D eigenvalue weighted by Gasteiger charge is 2.27. The Balaban J connectivity index is 1.50. The van der Waals surface area contributed by atoms with Gasteiger partial charge in [0.25, 0.3) is 0 Å². The van der Waals surface area contributed by atoms with Crippen LogP contribution in [0.2, 0.25) is 0 Å². The summed E-state index contributed by atoms with van der Waals surface area (Å²) in [6.45, 7) is 7.03. The molecule has 0 aliphatic carbocycles. The number of hydrogen-bond acceptors (Lipinski definition) is 4. The van der Waals surface area contributed by atoms with Crippen LogP contribution < -0.4 is 4.74 Å². The number of aliphatic hydroxyl groups is 1. The van der Waals surface area contributed by atoms with E-state index in [9.17, 15) is 5.11 Å². The van der Waals surface area contributed by atoms with E-state index in [0.29, 0.717) is 19.2 Å². The molecule has 1 fully saturated rings. The third kappa shape index (κ3) is 4.36. The first-order valence-corrected chi connectivity index (χ1v) is 8.73. The zero-order valence-electron chi connectivity index (χ0n) is 14.6. The Labute approximate surface area is 143 Å². The van der Waals surface area contributed by atoms with Crippen LogP contribution in [-0.2, 0) is 6.54 Å². The highest BCUT2D eigenvalue weighted by molar-refractivity contribution is 5.20. The van der Waals surface area contributed by atoms with E-state index in [-0.39, 0.29) is 0 Å². The molecule has 1 aliphatic rings. The number of hydrogen-bond donors (Lipinski definition) is 1. The molecule has 0 amide bonds. The molecule has 1 saturated heterocycles. The zero-order chi connectivity index (χ0) is 16.9. The highest BCUT2D eigenvalue weighted by atomic mass is 16.5. The molecular formula is C19H27N3O2. The standard InChI is InChI=1S/C19H27N3O2/c1-15-11-16(2)22(20-15)12-17-7-6-10-21(17)13-18(23)14-24-19-8-4-3-5-9-19/h3-5,8-9,11,17-18,23H,6-7,10,12-14H2,1-2H3/t17-,18-/m1/s1. The predicted molar refractivity (Wildman–Crippen MR) is 94.2 cm³/mol. The maximum absolute atomic E-state index is 10.3. The van der Waals surface area contributed by atoms with Gasteiger partial charge in [-0.15, -0.1) is 0 Å². The van der Waals surface area contributed by atoms with Crippen molar-refractivity contribution >= 4 is 0 Å². The lowest BCUT2D eigenvalue weighted by Crippen LogP contribution is -2.40. The molecule has 5 nitrogen and oxygen atoms in total. The molecule has 1 N–H and O–H groups in total. The third-order valence-corrected chi connectivity index (χ3v) is 4.62. The average Bonchev–Trinajstić information content (AvgIpc) is 3.13. The van der Waals surface area contributed by atoms with E-state index in [4.69, 9.17) is 4.74 Å². The molecule has 1 aliphatic heterocycles. The highest BCUT2D eigenvalue weighted by Crippen LogP contribution is 2.20. The summed E-state index contributed by atoms with van der Waals surface area (Å²) >= 11 is 0. The second kappa shape index (κ2) is 7.81. The molecule has 0 radical (unpaired) electrons. The molecular weight excluding hydrogens is 302 g/mol. The van der Waals surface area contributed by atoms with Crippen molar-refractivity contribution < 1.29 is 9.84 Å². The van der Waals surface area contributed by atoms with Crippen molar-refractivity contribution in [2.24, 2.45) is 0 Å². The average molecular weight is 329 g/mol. The van der Waals surface area contributed by atoms with Crippen molar-refractivity contribution in [1.82, 2.24) is 14.7 Å². The van der Waals surface area contributed by atoms with Crippen LogP contribution in [0.15, 0.2) is 36.4 Å². The van der Waals surface area contributed by atoms with Crippen LogP contribution in [0.1, 0.15) is 24.2 Å². The largest absolute Gasteiger partial charge is 0.491 e. The van der Waals surface area contributed by atoms with E-state index < -0.39 is 6.10 Å². The lowest BCUT2D eigenvalue weighted by Gasteiger charge is -2.27. The fourth-order valence-electron chi connectivity index (χ4n) is 3.43. The summed E-state index contributed by atoms with van der Waals surface area (Å²) in [5.74, 6) is 0.803. The summed E-state index contributed by atoms with van der Waals surface area (Å²) in [5, 5.41) is 14.9. The Morgan fingerprint density at radius 1 is 1.29 bits per heavy atom. The zero-order valence-corrected chi connectivity index (χ0v) is 14.6. The number of β-amino-alcohol motifs (C(OH)–C–C–N with tert-alkyl or cyclic N) is 1. The topological polar surface area (TPSA) is 50.5 Å². The smallest absolute Gasteiger partial charge is 0.119 e. The quantitative estimate of drug-likeness (QED) is 0.847. The van der Waals surface area contributed by atoms with Crippen molar-refractivity contribution in [1.29, 1.82) is 0 Å². The van der Waals surface area contributed by atoms with Crippen LogP contribution in [0.4, 0.5) is 0 Å². The van der Waals surface area contributed by atoms with E-state index in [1.807, 2.05) is 37.3 Å². The Hall–Kier alpha value is -1.85. The summed E-state index contributed by atoms with van der Waals surface area (Å²) in [6, 6.07) is 12.2. The van der Waals surface area contributed by atoms with Crippen molar-refractivity contribution in [2.45, 2.75) is 45.4 Å². The van der Waals surface area contributed by atoms with Gasteiger partial charge in [-0.1, -0.05) is 18.2 Å². The minimum atomic E-state index is -0.480. The van der Waals surface area contributed by atoms with E-state index >= 15 is 0 Å². The Morgan fingerprint density at radius 3 is 2.79 bits per heavy atom. The van der Waals surface area contributed by atoms with Gasteiger partial charge in [0.05, 0.1) is 12.2 Å². The lowest BCUT2D eigenvalue weighted by molar-refractivity contribution is 0.0608. The molecule has 0 bridgehead atoms. The number of rotatable bonds is 7. The summed E-state index contributed by atoms with van der Waals surface area (Å²) in [5.41, 5.74) is 2.26. The van der Waals surface area contributed by atoms with Gasteiger partial charge in [0.15, 0.2) is 0 Å². The van der Waals surface area contributed by atoms with Crippen molar-refractivity contribution in [3.63, 3.8) is 0 Å².